The molecule has 0 aromatic heterocycles. The Labute approximate surface area is 136 Å². The average Bonchev–Trinajstić information content (AvgIpc) is 2.48. The van der Waals surface area contributed by atoms with Crippen molar-refractivity contribution < 1.29 is 18.7 Å². The quantitative estimate of drug-likeness (QED) is 0.894. The van der Waals surface area contributed by atoms with E-state index in [-0.39, 0.29) is 15.6 Å². The minimum absolute atomic E-state index is 0.00843. The highest BCUT2D eigenvalue weighted by Crippen LogP contribution is 2.36. The SMILES string of the molecule is COc1cc(Cl)c(NC(=O)c2ccc(F)cc2Cl)cc1OC. The highest BCUT2D eigenvalue weighted by molar-refractivity contribution is 6.36. The summed E-state index contributed by atoms with van der Waals surface area (Å²) in [6, 6.07) is 6.55. The Morgan fingerprint density at radius 3 is 2.27 bits per heavy atom. The molecule has 0 saturated carbocycles. The lowest BCUT2D eigenvalue weighted by Gasteiger charge is -2.13. The molecule has 0 atom stereocenters. The molecule has 0 spiro atoms. The Balaban J connectivity index is 2.32. The van der Waals surface area contributed by atoms with E-state index in [1.807, 2.05) is 0 Å². The number of carbonyl (C=O) groups is 1. The second-order valence-electron chi connectivity index (χ2n) is 4.27. The van der Waals surface area contributed by atoms with Gasteiger partial charge >= 0.3 is 0 Å². The first-order valence-corrected chi connectivity index (χ1v) is 6.89. The van der Waals surface area contributed by atoms with Gasteiger partial charge in [0.25, 0.3) is 5.91 Å². The van der Waals surface area contributed by atoms with Crippen LogP contribution in [0.25, 0.3) is 0 Å². The van der Waals surface area contributed by atoms with Gasteiger partial charge in [0, 0.05) is 12.1 Å². The molecular weight excluding hydrogens is 332 g/mol. The molecule has 0 aliphatic heterocycles. The molecule has 0 bridgehead atoms. The van der Waals surface area contributed by atoms with Crippen molar-refractivity contribution in [3.05, 3.63) is 51.8 Å². The smallest absolute Gasteiger partial charge is 0.257 e. The zero-order chi connectivity index (χ0) is 16.3. The van der Waals surface area contributed by atoms with Crippen molar-refractivity contribution in [1.82, 2.24) is 0 Å². The van der Waals surface area contributed by atoms with Crippen LogP contribution in [0.4, 0.5) is 10.1 Å². The van der Waals surface area contributed by atoms with Crippen molar-refractivity contribution in [3.8, 4) is 11.5 Å². The van der Waals surface area contributed by atoms with Crippen LogP contribution in [0, 0.1) is 5.82 Å². The Bertz CT molecular complexity index is 722. The number of anilines is 1. The summed E-state index contributed by atoms with van der Waals surface area (Å²) in [6.45, 7) is 0. The van der Waals surface area contributed by atoms with E-state index in [2.05, 4.69) is 5.32 Å². The van der Waals surface area contributed by atoms with Gasteiger partial charge in [-0.3, -0.25) is 4.79 Å². The Morgan fingerprint density at radius 2 is 1.68 bits per heavy atom. The number of nitrogens with one attached hydrogen (secondary N) is 1. The number of benzene rings is 2. The van der Waals surface area contributed by atoms with E-state index < -0.39 is 11.7 Å². The summed E-state index contributed by atoms with van der Waals surface area (Å²) in [5.41, 5.74) is 0.457. The van der Waals surface area contributed by atoms with Crippen molar-refractivity contribution in [2.45, 2.75) is 0 Å². The van der Waals surface area contributed by atoms with Crippen molar-refractivity contribution in [2.75, 3.05) is 19.5 Å². The van der Waals surface area contributed by atoms with Gasteiger partial charge in [0.15, 0.2) is 11.5 Å². The summed E-state index contributed by atoms with van der Waals surface area (Å²) in [5, 5.41) is 2.88. The van der Waals surface area contributed by atoms with Gasteiger partial charge in [-0.2, -0.15) is 0 Å². The first-order chi connectivity index (χ1) is 10.5. The number of amides is 1. The van der Waals surface area contributed by atoms with Crippen molar-refractivity contribution in [2.24, 2.45) is 0 Å². The molecule has 0 saturated heterocycles. The number of hydrogen-bond acceptors (Lipinski definition) is 3. The maximum absolute atomic E-state index is 13.0. The van der Waals surface area contributed by atoms with E-state index in [0.717, 1.165) is 12.1 Å². The van der Waals surface area contributed by atoms with Crippen molar-refractivity contribution in [1.29, 1.82) is 0 Å². The van der Waals surface area contributed by atoms with Gasteiger partial charge < -0.3 is 14.8 Å². The Morgan fingerprint density at radius 1 is 1.05 bits per heavy atom. The number of methoxy groups -OCH3 is 2. The molecule has 0 unspecified atom stereocenters. The number of halogens is 3. The van der Waals surface area contributed by atoms with Crippen LogP contribution in [0.1, 0.15) is 10.4 Å². The largest absolute Gasteiger partial charge is 0.493 e. The van der Waals surface area contributed by atoms with Crippen LogP contribution in [0.2, 0.25) is 10.0 Å². The third-order valence-electron chi connectivity index (χ3n) is 2.90. The van der Waals surface area contributed by atoms with E-state index in [1.165, 1.54) is 32.4 Å². The molecule has 2 aromatic rings. The third-order valence-corrected chi connectivity index (χ3v) is 3.52. The normalized spacial score (nSPS) is 10.2. The van der Waals surface area contributed by atoms with Crippen LogP contribution >= 0.6 is 23.2 Å². The van der Waals surface area contributed by atoms with Gasteiger partial charge in [-0.25, -0.2) is 4.39 Å². The summed E-state index contributed by atoms with van der Waals surface area (Å²) in [7, 11) is 2.94. The minimum Gasteiger partial charge on any atom is -0.493 e. The molecule has 4 nitrogen and oxygen atoms in total. The van der Waals surface area contributed by atoms with Crippen molar-refractivity contribution >= 4 is 34.8 Å². The molecule has 22 heavy (non-hydrogen) atoms. The monoisotopic (exact) mass is 343 g/mol. The predicted molar refractivity (Wildman–Crippen MR) is 83.9 cm³/mol. The Kier molecular flexibility index (Phi) is 5.11. The van der Waals surface area contributed by atoms with E-state index in [9.17, 15) is 9.18 Å². The number of rotatable bonds is 4. The number of carbonyl (C=O) groups excluding carboxylic acids is 1. The third kappa shape index (κ3) is 3.43. The molecule has 1 amide bonds. The van der Waals surface area contributed by atoms with Crippen molar-refractivity contribution in [3.63, 3.8) is 0 Å². The minimum atomic E-state index is -0.523. The van der Waals surface area contributed by atoms with Gasteiger partial charge in [0.2, 0.25) is 0 Å². The van der Waals surface area contributed by atoms with Crippen LogP contribution in [0.5, 0.6) is 11.5 Å². The number of ether oxygens (including phenoxy) is 2. The van der Waals surface area contributed by atoms with Crippen LogP contribution in [-0.4, -0.2) is 20.1 Å². The summed E-state index contributed by atoms with van der Waals surface area (Å²) < 4.78 is 23.3. The second kappa shape index (κ2) is 6.85. The molecule has 0 aliphatic carbocycles. The summed E-state index contributed by atoms with van der Waals surface area (Å²) in [6.07, 6.45) is 0. The molecule has 2 rings (SSSR count). The highest BCUT2D eigenvalue weighted by Gasteiger charge is 2.15. The zero-order valence-electron chi connectivity index (χ0n) is 11.7. The summed E-state index contributed by atoms with van der Waals surface area (Å²) in [4.78, 5) is 12.2. The molecule has 0 aliphatic rings. The molecule has 116 valence electrons. The lowest BCUT2D eigenvalue weighted by molar-refractivity contribution is 0.102. The topological polar surface area (TPSA) is 47.6 Å². The molecule has 0 fully saturated rings. The fourth-order valence-electron chi connectivity index (χ4n) is 1.81. The average molecular weight is 344 g/mol. The highest BCUT2D eigenvalue weighted by atomic mass is 35.5. The second-order valence-corrected chi connectivity index (χ2v) is 5.08. The van der Waals surface area contributed by atoms with Crippen LogP contribution < -0.4 is 14.8 Å². The molecule has 2 aromatic carbocycles. The lowest BCUT2D eigenvalue weighted by atomic mass is 10.2. The maximum Gasteiger partial charge on any atom is 0.257 e. The standard InChI is InChI=1S/C15H12Cl2FNO3/c1-21-13-6-11(17)12(7-14(13)22-2)19-15(20)9-4-3-8(18)5-10(9)16/h3-7H,1-2H3,(H,19,20). The first kappa shape index (κ1) is 16.4. The fourth-order valence-corrected chi connectivity index (χ4v) is 2.27. The molecule has 0 radical (unpaired) electrons. The van der Waals surface area contributed by atoms with Gasteiger partial charge in [-0.05, 0) is 18.2 Å². The molecule has 1 N–H and O–H groups in total. The molecular formula is C15H12Cl2FNO3. The van der Waals surface area contributed by atoms with E-state index in [1.54, 1.807) is 0 Å². The fraction of sp³-hybridized carbons (Fsp3) is 0.133. The predicted octanol–water partition coefficient (Wildman–Crippen LogP) is 4.40. The van der Waals surface area contributed by atoms with Crippen LogP contribution in [0.15, 0.2) is 30.3 Å². The lowest BCUT2D eigenvalue weighted by Crippen LogP contribution is -2.13. The molecule has 7 heteroatoms. The first-order valence-electron chi connectivity index (χ1n) is 6.14. The number of hydrogen-bond donors (Lipinski definition) is 1. The van der Waals surface area contributed by atoms with Gasteiger partial charge in [0.05, 0.1) is 35.5 Å². The Hall–Kier alpha value is -1.98. The van der Waals surface area contributed by atoms with Gasteiger partial charge in [-0.1, -0.05) is 23.2 Å². The van der Waals surface area contributed by atoms with E-state index >= 15 is 0 Å². The van der Waals surface area contributed by atoms with E-state index in [0.29, 0.717) is 17.2 Å². The van der Waals surface area contributed by atoms with Gasteiger partial charge in [-0.15, -0.1) is 0 Å². The summed E-state index contributed by atoms with van der Waals surface area (Å²) in [5.74, 6) is -0.192. The van der Waals surface area contributed by atoms with Gasteiger partial charge in [0.1, 0.15) is 5.82 Å². The van der Waals surface area contributed by atoms with E-state index in [4.69, 9.17) is 32.7 Å². The van der Waals surface area contributed by atoms with Crippen LogP contribution in [-0.2, 0) is 0 Å². The summed E-state index contributed by atoms with van der Waals surface area (Å²) >= 11 is 11.9. The molecule has 0 heterocycles. The maximum atomic E-state index is 13.0. The van der Waals surface area contributed by atoms with Crippen LogP contribution in [0.3, 0.4) is 0 Å². The zero-order valence-corrected chi connectivity index (χ0v) is 13.3.